The molecule has 2 saturated heterocycles. The van der Waals surface area contributed by atoms with Gasteiger partial charge in [-0.05, 0) is 66.1 Å². The Morgan fingerprint density at radius 3 is 2.55 bits per heavy atom. The van der Waals surface area contributed by atoms with E-state index in [4.69, 9.17) is 0 Å². The van der Waals surface area contributed by atoms with Crippen LogP contribution in [0.3, 0.4) is 0 Å². The first-order valence-electron chi connectivity index (χ1n) is 7.03. The lowest BCUT2D eigenvalue weighted by atomic mass is 10.0. The molecule has 0 spiro atoms. The minimum atomic E-state index is -0.252. The van der Waals surface area contributed by atoms with Crippen LogP contribution in [0.4, 0.5) is 5.69 Å². The van der Waals surface area contributed by atoms with Gasteiger partial charge in [0.2, 0.25) is 11.8 Å². The second kappa shape index (κ2) is 5.71. The maximum atomic E-state index is 12.7. The lowest BCUT2D eigenvalue weighted by molar-refractivity contribution is -0.138. The van der Waals surface area contributed by atoms with Gasteiger partial charge in [0, 0.05) is 28.8 Å². The number of carbonyl (C=O) groups excluding carboxylic acids is 2. The van der Waals surface area contributed by atoms with Crippen LogP contribution in [-0.4, -0.2) is 35.8 Å². The molecule has 106 valence electrons. The largest absolute Gasteiger partial charge is 0.331 e. The van der Waals surface area contributed by atoms with Crippen LogP contribution in [0.5, 0.6) is 0 Å². The Morgan fingerprint density at radius 1 is 1.05 bits per heavy atom. The van der Waals surface area contributed by atoms with Gasteiger partial charge in [-0.2, -0.15) is 0 Å². The van der Waals surface area contributed by atoms with E-state index in [0.717, 1.165) is 35.1 Å². The molecule has 2 fully saturated rings. The molecule has 20 heavy (non-hydrogen) atoms. The van der Waals surface area contributed by atoms with Crippen molar-refractivity contribution in [1.29, 1.82) is 0 Å². The number of carbonyl (C=O) groups is 2. The fraction of sp³-hybridized carbons (Fsp3) is 0.467. The van der Waals surface area contributed by atoms with Crippen LogP contribution in [0.25, 0.3) is 0 Å². The van der Waals surface area contributed by atoms with Crippen molar-refractivity contribution < 1.29 is 9.59 Å². The Morgan fingerprint density at radius 2 is 1.80 bits per heavy atom. The highest BCUT2D eigenvalue weighted by atomic mass is 127. The third-order valence-corrected chi connectivity index (χ3v) is 4.78. The Hall–Kier alpha value is -1.11. The van der Waals surface area contributed by atoms with Crippen LogP contribution in [0.2, 0.25) is 0 Å². The van der Waals surface area contributed by atoms with Crippen molar-refractivity contribution in [2.45, 2.75) is 31.7 Å². The van der Waals surface area contributed by atoms with Crippen LogP contribution < -0.4 is 4.90 Å². The van der Waals surface area contributed by atoms with E-state index in [1.165, 1.54) is 0 Å². The van der Waals surface area contributed by atoms with E-state index < -0.39 is 0 Å². The third-order valence-electron chi connectivity index (χ3n) is 4.06. The summed E-state index contributed by atoms with van der Waals surface area (Å²) in [6.07, 6.45) is 3.26. The zero-order valence-corrected chi connectivity index (χ0v) is 13.4. The molecule has 1 atom stereocenters. The van der Waals surface area contributed by atoms with E-state index in [9.17, 15) is 9.59 Å². The minimum Gasteiger partial charge on any atom is -0.331 e. The standard InChI is InChI=1S/C15H17IN2O2/c16-11-4-6-12(7-5-11)17-10-8-14(19)18-9-2-1-3-13(18)15(17)20/h4-7,13H,1-3,8-10H2. The molecule has 0 radical (unpaired) electrons. The highest BCUT2D eigenvalue weighted by molar-refractivity contribution is 14.1. The smallest absolute Gasteiger partial charge is 0.249 e. The maximum Gasteiger partial charge on any atom is 0.249 e. The monoisotopic (exact) mass is 384 g/mol. The van der Waals surface area contributed by atoms with Crippen LogP contribution in [-0.2, 0) is 9.59 Å². The highest BCUT2D eigenvalue weighted by Crippen LogP contribution is 2.26. The number of hydrogen-bond donors (Lipinski definition) is 0. The normalized spacial score (nSPS) is 23.6. The number of halogens is 1. The molecule has 2 amide bonds. The van der Waals surface area contributed by atoms with Gasteiger partial charge in [0.1, 0.15) is 6.04 Å². The van der Waals surface area contributed by atoms with Crippen LogP contribution in [0, 0.1) is 3.57 Å². The predicted octanol–water partition coefficient (Wildman–Crippen LogP) is 2.41. The predicted molar refractivity (Wildman–Crippen MR) is 85.5 cm³/mol. The Balaban J connectivity index is 1.90. The average molecular weight is 384 g/mol. The molecule has 5 heteroatoms. The summed E-state index contributed by atoms with van der Waals surface area (Å²) in [5.41, 5.74) is 0.899. The molecule has 0 N–H and O–H groups in total. The number of hydrogen-bond acceptors (Lipinski definition) is 2. The fourth-order valence-corrected chi connectivity index (χ4v) is 3.36. The van der Waals surface area contributed by atoms with Crippen molar-refractivity contribution in [3.8, 4) is 0 Å². The number of anilines is 1. The van der Waals surface area contributed by atoms with E-state index in [0.29, 0.717) is 13.0 Å². The van der Waals surface area contributed by atoms with Crippen molar-refractivity contribution in [2.24, 2.45) is 0 Å². The zero-order valence-electron chi connectivity index (χ0n) is 11.2. The van der Waals surface area contributed by atoms with Crippen molar-refractivity contribution in [3.63, 3.8) is 0 Å². The number of benzene rings is 1. The number of fused-ring (bicyclic) bond motifs is 1. The van der Waals surface area contributed by atoms with Gasteiger partial charge in [0.05, 0.1) is 0 Å². The van der Waals surface area contributed by atoms with E-state index in [2.05, 4.69) is 22.6 Å². The first kappa shape index (κ1) is 13.9. The van der Waals surface area contributed by atoms with Gasteiger partial charge in [-0.25, -0.2) is 0 Å². The molecule has 0 aromatic heterocycles. The van der Waals surface area contributed by atoms with Crippen molar-refractivity contribution in [3.05, 3.63) is 27.8 Å². The Bertz CT molecular complexity index is 529. The van der Waals surface area contributed by atoms with Gasteiger partial charge in [0.15, 0.2) is 0 Å². The molecule has 0 aliphatic carbocycles. The summed E-state index contributed by atoms with van der Waals surface area (Å²) in [5, 5.41) is 0. The summed E-state index contributed by atoms with van der Waals surface area (Å²) < 4.78 is 1.14. The molecule has 0 bridgehead atoms. The first-order chi connectivity index (χ1) is 9.66. The third kappa shape index (κ3) is 2.55. The maximum absolute atomic E-state index is 12.7. The molecular weight excluding hydrogens is 367 g/mol. The molecular formula is C15H17IN2O2. The topological polar surface area (TPSA) is 40.6 Å². The number of piperidine rings is 1. The molecule has 1 aromatic rings. The molecule has 0 saturated carbocycles. The average Bonchev–Trinajstić information content (AvgIpc) is 2.60. The second-order valence-corrected chi connectivity index (χ2v) is 6.56. The van der Waals surface area contributed by atoms with Gasteiger partial charge in [-0.15, -0.1) is 0 Å². The fourth-order valence-electron chi connectivity index (χ4n) is 3.01. The molecule has 2 heterocycles. The van der Waals surface area contributed by atoms with E-state index in [1.54, 1.807) is 9.80 Å². The van der Waals surface area contributed by atoms with Crippen LogP contribution >= 0.6 is 22.6 Å². The molecule has 2 aliphatic heterocycles. The summed E-state index contributed by atoms with van der Waals surface area (Å²) in [6, 6.07) is 7.66. The summed E-state index contributed by atoms with van der Waals surface area (Å²) in [6.45, 7) is 1.22. The van der Waals surface area contributed by atoms with E-state index in [-0.39, 0.29) is 17.9 Å². The molecule has 3 rings (SSSR count). The van der Waals surface area contributed by atoms with Crippen LogP contribution in [0.15, 0.2) is 24.3 Å². The Kier molecular flexibility index (Phi) is 3.96. The lowest BCUT2D eigenvalue weighted by Gasteiger charge is -2.34. The van der Waals surface area contributed by atoms with Gasteiger partial charge < -0.3 is 9.80 Å². The quantitative estimate of drug-likeness (QED) is 0.698. The van der Waals surface area contributed by atoms with Gasteiger partial charge in [-0.1, -0.05) is 0 Å². The van der Waals surface area contributed by atoms with Gasteiger partial charge in [-0.3, -0.25) is 9.59 Å². The molecule has 4 nitrogen and oxygen atoms in total. The molecule has 2 aliphatic rings. The zero-order chi connectivity index (χ0) is 14.1. The van der Waals surface area contributed by atoms with E-state index in [1.807, 2.05) is 24.3 Å². The summed E-state index contributed by atoms with van der Waals surface area (Å²) in [7, 11) is 0. The minimum absolute atomic E-state index is 0.0803. The number of rotatable bonds is 1. The van der Waals surface area contributed by atoms with Gasteiger partial charge in [0.25, 0.3) is 0 Å². The lowest BCUT2D eigenvalue weighted by Crippen LogP contribution is -2.49. The number of nitrogens with zero attached hydrogens (tertiary/aromatic N) is 2. The first-order valence-corrected chi connectivity index (χ1v) is 8.11. The van der Waals surface area contributed by atoms with E-state index >= 15 is 0 Å². The summed E-state index contributed by atoms with van der Waals surface area (Å²) in [4.78, 5) is 28.5. The SMILES string of the molecule is O=C1C2CCCCN2C(=O)CCN1c1ccc(I)cc1. The van der Waals surface area contributed by atoms with Crippen molar-refractivity contribution >= 4 is 40.1 Å². The van der Waals surface area contributed by atoms with Crippen molar-refractivity contribution in [1.82, 2.24) is 4.90 Å². The number of amides is 2. The summed E-state index contributed by atoms with van der Waals surface area (Å²) in [5.74, 6) is 0.202. The molecule has 1 unspecified atom stereocenters. The van der Waals surface area contributed by atoms with Gasteiger partial charge >= 0.3 is 0 Å². The van der Waals surface area contributed by atoms with Crippen molar-refractivity contribution in [2.75, 3.05) is 18.0 Å². The highest BCUT2D eigenvalue weighted by Gasteiger charge is 2.37. The van der Waals surface area contributed by atoms with Crippen LogP contribution in [0.1, 0.15) is 25.7 Å². The second-order valence-electron chi connectivity index (χ2n) is 5.32. The molecule has 1 aromatic carbocycles. The summed E-state index contributed by atoms with van der Waals surface area (Å²) >= 11 is 2.25. The Labute approximate surface area is 132 Å².